The van der Waals surface area contributed by atoms with Crippen molar-refractivity contribution in [3.05, 3.63) is 23.8 Å². The van der Waals surface area contributed by atoms with E-state index in [4.69, 9.17) is 4.74 Å². The fraction of sp³-hybridized carbons (Fsp3) is 0.696. The molecule has 7 heteroatoms. The minimum atomic E-state index is -2.10. The number of ketones is 2. The lowest BCUT2D eigenvalue weighted by molar-refractivity contribution is -0.190. The molecule has 3 N–H and O–H groups in total. The summed E-state index contributed by atoms with van der Waals surface area (Å²) >= 11 is 0. The number of aliphatic hydroxyl groups excluding tert-OH is 2. The number of carbonyl (C=O) groups excluding carboxylic acids is 3. The van der Waals surface area contributed by atoms with Crippen molar-refractivity contribution in [2.24, 2.45) is 34.5 Å². The smallest absolute Gasteiger partial charge is 0.312 e. The van der Waals surface area contributed by atoms with E-state index in [1.165, 1.54) is 7.11 Å². The average Bonchev–Trinajstić information content (AvgIpc) is 2.95. The third-order valence-electron chi connectivity index (χ3n) is 8.80. The molecule has 4 aliphatic carbocycles. The summed E-state index contributed by atoms with van der Waals surface area (Å²) in [5, 5.41) is 32.5. The molecule has 0 bridgehead atoms. The Morgan fingerprint density at radius 2 is 2.00 bits per heavy atom. The molecule has 0 amide bonds. The molecule has 3 fully saturated rings. The zero-order valence-corrected chi connectivity index (χ0v) is 17.6. The fourth-order valence-electron chi connectivity index (χ4n) is 7.41. The molecule has 8 atom stereocenters. The van der Waals surface area contributed by atoms with Gasteiger partial charge in [-0.1, -0.05) is 25.5 Å². The molecule has 164 valence electrons. The number of methoxy groups -OCH3 is 1. The van der Waals surface area contributed by atoms with Crippen molar-refractivity contribution in [2.75, 3.05) is 13.7 Å². The second kappa shape index (κ2) is 6.84. The third-order valence-corrected chi connectivity index (χ3v) is 8.80. The highest BCUT2D eigenvalue weighted by Gasteiger charge is 2.72. The Hall–Kier alpha value is -1.83. The van der Waals surface area contributed by atoms with Gasteiger partial charge in [-0.3, -0.25) is 14.4 Å². The van der Waals surface area contributed by atoms with Crippen LogP contribution in [0.5, 0.6) is 0 Å². The minimum absolute atomic E-state index is 0.0496. The largest absolute Gasteiger partial charge is 0.469 e. The summed E-state index contributed by atoms with van der Waals surface area (Å²) in [4.78, 5) is 37.2. The summed E-state index contributed by atoms with van der Waals surface area (Å²) in [7, 11) is 1.22. The van der Waals surface area contributed by atoms with Gasteiger partial charge in [-0.05, 0) is 49.7 Å². The summed E-state index contributed by atoms with van der Waals surface area (Å²) < 4.78 is 4.90. The quantitative estimate of drug-likeness (QED) is 0.584. The first-order chi connectivity index (χ1) is 14.0. The number of esters is 1. The van der Waals surface area contributed by atoms with Crippen LogP contribution in [-0.2, 0) is 19.1 Å². The van der Waals surface area contributed by atoms with Crippen LogP contribution in [0, 0.1) is 34.5 Å². The highest BCUT2D eigenvalue weighted by Crippen LogP contribution is 2.68. The van der Waals surface area contributed by atoms with Crippen LogP contribution in [0.1, 0.15) is 39.5 Å². The average molecular weight is 418 g/mol. The van der Waals surface area contributed by atoms with E-state index in [0.29, 0.717) is 12.8 Å². The molecule has 0 aromatic heterocycles. The zero-order chi connectivity index (χ0) is 22.1. The molecule has 4 aliphatic rings. The first kappa shape index (κ1) is 21.4. The first-order valence-corrected chi connectivity index (χ1v) is 10.6. The Labute approximate surface area is 175 Å². The molecule has 0 spiro atoms. The van der Waals surface area contributed by atoms with Crippen LogP contribution in [0.15, 0.2) is 23.8 Å². The monoisotopic (exact) mass is 418 g/mol. The maximum absolute atomic E-state index is 12.8. The number of fused-ring (bicyclic) bond motifs is 5. The SMILES string of the molecule is COC(=O)C1C[C@H]2[C@@H]3CCC4=CC(=O)C=C[C@]4(C)[C@H]3C(O)C[C@]2(C)[C@@]1(O)C(=O)CO. The summed E-state index contributed by atoms with van der Waals surface area (Å²) in [5.41, 5.74) is -2.65. The van der Waals surface area contributed by atoms with Crippen molar-refractivity contribution in [3.8, 4) is 0 Å². The van der Waals surface area contributed by atoms with Gasteiger partial charge in [-0.15, -0.1) is 0 Å². The van der Waals surface area contributed by atoms with Gasteiger partial charge >= 0.3 is 5.97 Å². The van der Waals surface area contributed by atoms with Gasteiger partial charge in [0.15, 0.2) is 11.6 Å². The summed E-state index contributed by atoms with van der Waals surface area (Å²) in [6, 6.07) is 0. The second-order valence-electron chi connectivity index (χ2n) is 9.87. The van der Waals surface area contributed by atoms with E-state index in [-0.39, 0.29) is 36.4 Å². The van der Waals surface area contributed by atoms with Gasteiger partial charge in [0.2, 0.25) is 0 Å². The van der Waals surface area contributed by atoms with Crippen molar-refractivity contribution < 1.29 is 34.4 Å². The number of hydrogen-bond acceptors (Lipinski definition) is 7. The Kier molecular flexibility index (Phi) is 4.88. The van der Waals surface area contributed by atoms with E-state index >= 15 is 0 Å². The number of Topliss-reactive ketones (excluding diaryl/α,β-unsaturated/α-hetero) is 1. The molecule has 4 rings (SSSR count). The van der Waals surface area contributed by atoms with Crippen LogP contribution in [0.2, 0.25) is 0 Å². The van der Waals surface area contributed by atoms with Crippen molar-refractivity contribution in [1.82, 2.24) is 0 Å². The van der Waals surface area contributed by atoms with Crippen molar-refractivity contribution in [3.63, 3.8) is 0 Å². The molecular formula is C23H30O7. The van der Waals surface area contributed by atoms with E-state index in [0.717, 1.165) is 5.57 Å². The number of hydrogen-bond donors (Lipinski definition) is 3. The van der Waals surface area contributed by atoms with E-state index in [2.05, 4.69) is 0 Å². The molecule has 7 nitrogen and oxygen atoms in total. The lowest BCUT2D eigenvalue weighted by atomic mass is 9.46. The Morgan fingerprint density at radius 3 is 2.63 bits per heavy atom. The van der Waals surface area contributed by atoms with Crippen LogP contribution < -0.4 is 0 Å². The first-order valence-electron chi connectivity index (χ1n) is 10.6. The van der Waals surface area contributed by atoms with Crippen LogP contribution >= 0.6 is 0 Å². The molecule has 0 aliphatic heterocycles. The van der Waals surface area contributed by atoms with Gasteiger partial charge in [0.1, 0.15) is 12.2 Å². The lowest BCUT2D eigenvalue weighted by Gasteiger charge is -2.59. The highest BCUT2D eigenvalue weighted by molar-refractivity contribution is 6.01. The maximum atomic E-state index is 12.8. The molecule has 0 radical (unpaired) electrons. The number of rotatable bonds is 3. The molecule has 30 heavy (non-hydrogen) atoms. The topological polar surface area (TPSA) is 121 Å². The highest BCUT2D eigenvalue weighted by atomic mass is 16.5. The Balaban J connectivity index is 1.81. The molecule has 3 saturated carbocycles. The predicted octanol–water partition coefficient (Wildman–Crippen LogP) is 0.957. The Bertz CT molecular complexity index is 860. The van der Waals surface area contributed by atoms with Gasteiger partial charge < -0.3 is 20.1 Å². The third kappa shape index (κ3) is 2.52. The van der Waals surface area contributed by atoms with Crippen molar-refractivity contribution in [1.29, 1.82) is 0 Å². The fourth-order valence-corrected chi connectivity index (χ4v) is 7.41. The van der Waals surface area contributed by atoms with Gasteiger partial charge in [0.05, 0.1) is 19.1 Å². The van der Waals surface area contributed by atoms with E-state index in [9.17, 15) is 29.7 Å². The minimum Gasteiger partial charge on any atom is -0.469 e. The normalized spacial score (nSPS) is 47.1. The van der Waals surface area contributed by atoms with Gasteiger partial charge in [-0.25, -0.2) is 0 Å². The number of carbonyl (C=O) groups is 3. The van der Waals surface area contributed by atoms with E-state index in [1.807, 2.05) is 13.0 Å². The summed E-state index contributed by atoms with van der Waals surface area (Å²) in [5.74, 6) is -3.07. The lowest BCUT2D eigenvalue weighted by Crippen LogP contribution is -2.63. The van der Waals surface area contributed by atoms with Crippen molar-refractivity contribution in [2.45, 2.75) is 51.2 Å². The predicted molar refractivity (Wildman–Crippen MR) is 106 cm³/mol. The molecule has 0 heterocycles. The Morgan fingerprint density at radius 1 is 1.30 bits per heavy atom. The molecular weight excluding hydrogens is 388 g/mol. The van der Waals surface area contributed by atoms with Crippen LogP contribution in [0.25, 0.3) is 0 Å². The summed E-state index contributed by atoms with van der Waals surface area (Å²) in [6.45, 7) is 2.90. The maximum Gasteiger partial charge on any atom is 0.312 e. The van der Waals surface area contributed by atoms with Crippen LogP contribution in [0.3, 0.4) is 0 Å². The zero-order valence-electron chi connectivity index (χ0n) is 17.6. The molecule has 0 aromatic rings. The van der Waals surface area contributed by atoms with Crippen LogP contribution in [-0.4, -0.2) is 58.3 Å². The van der Waals surface area contributed by atoms with E-state index < -0.39 is 46.8 Å². The van der Waals surface area contributed by atoms with Gasteiger partial charge in [0, 0.05) is 16.7 Å². The molecule has 0 saturated heterocycles. The molecule has 0 aromatic carbocycles. The number of allylic oxidation sites excluding steroid dienone is 4. The number of aliphatic hydroxyl groups is 3. The number of ether oxygens (including phenoxy) is 1. The second-order valence-corrected chi connectivity index (χ2v) is 9.87. The van der Waals surface area contributed by atoms with Gasteiger partial charge in [-0.2, -0.15) is 0 Å². The van der Waals surface area contributed by atoms with E-state index in [1.54, 1.807) is 19.1 Å². The van der Waals surface area contributed by atoms with Crippen molar-refractivity contribution >= 4 is 17.5 Å². The van der Waals surface area contributed by atoms with Crippen LogP contribution in [0.4, 0.5) is 0 Å². The van der Waals surface area contributed by atoms with Gasteiger partial charge in [0.25, 0.3) is 0 Å². The standard InChI is InChI=1S/C23H30O7/c1-21-7-6-13(25)8-12(21)4-5-14-15-9-16(20(28)30-3)23(29,18(27)11-24)22(15,2)10-17(26)19(14)21/h6-8,14-17,19,24,26,29H,4-5,9-11H2,1-3H3/t14-,15-,16?,17?,19+,21-,22-,23-/m0/s1. The molecule has 2 unspecified atom stereocenters. The summed E-state index contributed by atoms with van der Waals surface area (Å²) in [6.07, 6.45) is 6.02.